The van der Waals surface area contributed by atoms with Crippen molar-refractivity contribution in [3.63, 3.8) is 0 Å². The maximum absolute atomic E-state index is 5.95. The molecule has 0 aromatic heterocycles. The van der Waals surface area contributed by atoms with Crippen LogP contribution in [0.25, 0.3) is 0 Å². The van der Waals surface area contributed by atoms with E-state index < -0.39 is 14.5 Å². The Morgan fingerprint density at radius 1 is 1.00 bits per heavy atom. The lowest BCUT2D eigenvalue weighted by Crippen LogP contribution is -2.18. The highest BCUT2D eigenvalue weighted by Gasteiger charge is 2.17. The first-order valence-corrected chi connectivity index (χ1v) is 7.66. The van der Waals surface area contributed by atoms with Crippen LogP contribution in [0.5, 0.6) is 5.75 Å². The van der Waals surface area contributed by atoms with Gasteiger partial charge in [0.05, 0.1) is 5.75 Å². The maximum atomic E-state index is 5.95. The first kappa shape index (κ1) is 11.6. The summed E-state index contributed by atoms with van der Waals surface area (Å²) in [5.74, 6) is 1.06. The Labute approximate surface area is 91.8 Å². The summed E-state index contributed by atoms with van der Waals surface area (Å²) in [7, 11) is 0. The van der Waals surface area contributed by atoms with E-state index in [0.29, 0.717) is 0 Å². The minimum absolute atomic E-state index is 0.943. The van der Waals surface area contributed by atoms with E-state index in [2.05, 4.69) is 45.0 Å². The zero-order valence-corrected chi connectivity index (χ0v) is 10.6. The molecule has 0 aliphatic heterocycles. The average molecular weight is 206 g/mol. The quantitative estimate of drug-likeness (QED) is 0.668. The molecule has 0 aliphatic rings. The molecule has 14 heavy (non-hydrogen) atoms. The second-order valence-corrected chi connectivity index (χ2v) is 6.67. The SMILES string of the molecule is CCc1ccc([O][Al]([CH2]C)[CH2]C)cc1. The Hall–Kier alpha value is -0.448. The zero-order valence-electron chi connectivity index (χ0n) is 9.42. The molecule has 0 saturated heterocycles. The molecule has 0 bridgehead atoms. The second-order valence-electron chi connectivity index (χ2n) is 3.55. The van der Waals surface area contributed by atoms with E-state index in [1.807, 2.05) is 0 Å². The molecule has 1 rings (SSSR count). The van der Waals surface area contributed by atoms with Gasteiger partial charge in [-0.25, -0.2) is 0 Å². The fraction of sp³-hybridized carbons (Fsp3) is 0.500. The predicted molar refractivity (Wildman–Crippen MR) is 63.2 cm³/mol. The normalized spacial score (nSPS) is 9.93. The van der Waals surface area contributed by atoms with Crippen molar-refractivity contribution < 1.29 is 3.79 Å². The Morgan fingerprint density at radius 3 is 2.00 bits per heavy atom. The maximum Gasteiger partial charge on any atom is 0.546 e. The number of rotatable bonds is 5. The van der Waals surface area contributed by atoms with Crippen molar-refractivity contribution in [2.24, 2.45) is 0 Å². The van der Waals surface area contributed by atoms with Crippen LogP contribution >= 0.6 is 0 Å². The Balaban J connectivity index is 2.58. The molecule has 0 fully saturated rings. The first-order valence-electron chi connectivity index (χ1n) is 5.55. The molecule has 0 radical (unpaired) electrons. The van der Waals surface area contributed by atoms with Crippen LogP contribution in [0.4, 0.5) is 0 Å². The lowest BCUT2D eigenvalue weighted by molar-refractivity contribution is 0.566. The highest BCUT2D eigenvalue weighted by atomic mass is 27.2. The third kappa shape index (κ3) is 3.36. The predicted octanol–water partition coefficient (Wildman–Crippen LogP) is 3.66. The standard InChI is InChI=1S/C8H10O.2C2H5.Al/c1-2-7-3-5-8(9)6-4-7;2*1-2;/h3-6,9H,2H2,1H3;2*1H2,2H3;/q;;;+1/p-1. The van der Waals surface area contributed by atoms with E-state index >= 15 is 0 Å². The van der Waals surface area contributed by atoms with Crippen molar-refractivity contribution in [1.29, 1.82) is 0 Å². The molecule has 0 saturated carbocycles. The van der Waals surface area contributed by atoms with E-state index in [4.69, 9.17) is 3.79 Å². The topological polar surface area (TPSA) is 9.23 Å². The molecular weight excluding hydrogens is 187 g/mol. The van der Waals surface area contributed by atoms with Gasteiger partial charge in [0, 0.05) is 0 Å². The van der Waals surface area contributed by atoms with Crippen LogP contribution in [0.2, 0.25) is 10.6 Å². The van der Waals surface area contributed by atoms with Gasteiger partial charge in [-0.3, -0.25) is 0 Å². The van der Waals surface area contributed by atoms with E-state index in [1.54, 1.807) is 0 Å². The summed E-state index contributed by atoms with van der Waals surface area (Å²) in [6, 6.07) is 8.52. The van der Waals surface area contributed by atoms with Gasteiger partial charge in [-0.2, -0.15) is 0 Å². The molecule has 0 spiro atoms. The van der Waals surface area contributed by atoms with Gasteiger partial charge in [-0.15, -0.1) is 0 Å². The summed E-state index contributed by atoms with van der Waals surface area (Å²) < 4.78 is 5.95. The Bertz CT molecular complexity index is 252. The summed E-state index contributed by atoms with van der Waals surface area (Å²) in [6.07, 6.45) is 1.10. The van der Waals surface area contributed by atoms with Crippen molar-refractivity contribution >= 4 is 14.5 Å². The van der Waals surface area contributed by atoms with Crippen LogP contribution in [0.15, 0.2) is 24.3 Å². The van der Waals surface area contributed by atoms with Crippen molar-refractivity contribution in [3.8, 4) is 5.75 Å². The van der Waals surface area contributed by atoms with Crippen LogP contribution in [0.1, 0.15) is 26.3 Å². The van der Waals surface area contributed by atoms with Crippen LogP contribution < -0.4 is 3.79 Å². The molecule has 1 nitrogen and oxygen atoms in total. The smallest absolute Gasteiger partial charge is 0.546 e. The summed E-state index contributed by atoms with van der Waals surface area (Å²) in [4.78, 5) is 0. The van der Waals surface area contributed by atoms with Crippen molar-refractivity contribution in [3.05, 3.63) is 29.8 Å². The van der Waals surface area contributed by atoms with Crippen LogP contribution in [-0.2, 0) is 6.42 Å². The largest absolute Gasteiger partial charge is 0.643 e. The second kappa shape index (κ2) is 6.11. The molecular formula is C12H19AlO. The summed E-state index contributed by atoms with van der Waals surface area (Å²) in [5.41, 5.74) is 1.38. The van der Waals surface area contributed by atoms with Gasteiger partial charge in [0.25, 0.3) is 0 Å². The van der Waals surface area contributed by atoms with Crippen molar-refractivity contribution in [2.45, 2.75) is 37.8 Å². The van der Waals surface area contributed by atoms with Gasteiger partial charge < -0.3 is 3.79 Å². The number of hydrogen-bond acceptors (Lipinski definition) is 1. The van der Waals surface area contributed by atoms with Gasteiger partial charge in [0.15, 0.2) is 0 Å². The van der Waals surface area contributed by atoms with Gasteiger partial charge in [0.1, 0.15) is 0 Å². The van der Waals surface area contributed by atoms with Crippen molar-refractivity contribution in [1.82, 2.24) is 0 Å². The molecule has 1 aromatic carbocycles. The fourth-order valence-corrected chi connectivity index (χ4v) is 2.90. The Kier molecular flexibility index (Phi) is 5.08. The monoisotopic (exact) mass is 206 g/mol. The van der Waals surface area contributed by atoms with Gasteiger partial charge >= 0.3 is 14.5 Å². The van der Waals surface area contributed by atoms with E-state index in [-0.39, 0.29) is 0 Å². The molecule has 2 heteroatoms. The minimum Gasteiger partial charge on any atom is -0.643 e. The number of benzene rings is 1. The average Bonchev–Trinajstić information content (AvgIpc) is 2.26. The molecule has 0 unspecified atom stereocenters. The summed E-state index contributed by atoms with van der Waals surface area (Å²) in [5, 5.41) is 2.43. The molecule has 0 N–H and O–H groups in total. The summed E-state index contributed by atoms with van der Waals surface area (Å²) >= 11 is -0.943. The lowest BCUT2D eigenvalue weighted by Gasteiger charge is -2.12. The molecule has 0 heterocycles. The lowest BCUT2D eigenvalue weighted by atomic mass is 10.2. The van der Waals surface area contributed by atoms with Crippen LogP contribution in [0.3, 0.4) is 0 Å². The zero-order chi connectivity index (χ0) is 10.4. The number of hydrogen-bond donors (Lipinski definition) is 0. The third-order valence-corrected chi connectivity index (χ3v) is 4.97. The Morgan fingerprint density at radius 2 is 1.57 bits per heavy atom. The highest BCUT2D eigenvalue weighted by Crippen LogP contribution is 2.15. The van der Waals surface area contributed by atoms with Crippen LogP contribution in [0, 0.1) is 0 Å². The fourth-order valence-electron chi connectivity index (χ4n) is 1.45. The molecule has 76 valence electrons. The molecule has 0 atom stereocenters. The van der Waals surface area contributed by atoms with E-state index in [9.17, 15) is 0 Å². The van der Waals surface area contributed by atoms with Gasteiger partial charge in [-0.1, -0.05) is 43.5 Å². The molecule has 1 aromatic rings. The van der Waals surface area contributed by atoms with Gasteiger partial charge in [0.2, 0.25) is 0 Å². The minimum atomic E-state index is -0.943. The molecule has 0 amide bonds. The highest BCUT2D eigenvalue weighted by molar-refractivity contribution is 6.52. The third-order valence-electron chi connectivity index (χ3n) is 2.55. The van der Waals surface area contributed by atoms with Crippen LogP contribution in [-0.4, -0.2) is 14.5 Å². The van der Waals surface area contributed by atoms with Gasteiger partial charge in [-0.05, 0) is 24.1 Å². The molecule has 0 aliphatic carbocycles. The number of aryl methyl sites for hydroxylation is 1. The van der Waals surface area contributed by atoms with E-state index in [1.165, 1.54) is 16.1 Å². The van der Waals surface area contributed by atoms with Crippen molar-refractivity contribution in [2.75, 3.05) is 0 Å². The summed E-state index contributed by atoms with van der Waals surface area (Å²) in [6.45, 7) is 6.62. The van der Waals surface area contributed by atoms with E-state index in [0.717, 1.165) is 12.2 Å². The first-order chi connectivity index (χ1) is 6.80.